The van der Waals surface area contributed by atoms with E-state index in [0.717, 1.165) is 25.9 Å². The third kappa shape index (κ3) is 13.9. The Bertz CT molecular complexity index is 137. The molecule has 0 aliphatic heterocycles. The lowest BCUT2D eigenvalue weighted by Crippen LogP contribution is -2.11. The Hall–Kier alpha value is -0.0800. The zero-order valence-electron chi connectivity index (χ0n) is 11.9. The number of hydrogen-bond donors (Lipinski definition) is 0. The van der Waals surface area contributed by atoms with Crippen LogP contribution in [0.2, 0.25) is 0 Å². The van der Waals surface area contributed by atoms with E-state index in [0.29, 0.717) is 12.9 Å². The van der Waals surface area contributed by atoms with Crippen molar-refractivity contribution in [2.45, 2.75) is 77.7 Å². The molecule has 0 rings (SSSR count). The SMILES string of the molecule is [CH2]CCCCCCCC(C)OCOCCCC. The van der Waals surface area contributed by atoms with Gasteiger partial charge in [0.05, 0.1) is 6.10 Å². The second kappa shape index (κ2) is 14.0. The Labute approximate surface area is 108 Å². The molecule has 103 valence electrons. The van der Waals surface area contributed by atoms with Gasteiger partial charge in [-0.05, 0) is 19.8 Å². The molecule has 0 aromatic rings. The van der Waals surface area contributed by atoms with Gasteiger partial charge >= 0.3 is 0 Å². The van der Waals surface area contributed by atoms with E-state index < -0.39 is 0 Å². The Balaban J connectivity index is 3.09. The highest BCUT2D eigenvalue weighted by Crippen LogP contribution is 2.10. The van der Waals surface area contributed by atoms with Gasteiger partial charge in [-0.2, -0.15) is 0 Å². The first-order valence-corrected chi connectivity index (χ1v) is 7.29. The minimum absolute atomic E-state index is 0.337. The first-order chi connectivity index (χ1) is 8.31. The normalized spacial score (nSPS) is 12.9. The van der Waals surface area contributed by atoms with Gasteiger partial charge in [0.15, 0.2) is 0 Å². The minimum atomic E-state index is 0.337. The van der Waals surface area contributed by atoms with Gasteiger partial charge in [0.1, 0.15) is 6.79 Å². The second-order valence-corrected chi connectivity index (χ2v) is 4.77. The lowest BCUT2D eigenvalue weighted by Gasteiger charge is -2.13. The van der Waals surface area contributed by atoms with Crippen LogP contribution in [0.3, 0.4) is 0 Å². The lowest BCUT2D eigenvalue weighted by atomic mass is 10.1. The smallest absolute Gasteiger partial charge is 0.147 e. The standard InChI is InChI=1S/C15H31O2/c1-4-6-8-9-10-11-12-15(3)17-14-16-13-7-5-2/h15H,1,4-14H2,2-3H3. The van der Waals surface area contributed by atoms with Crippen LogP contribution in [-0.2, 0) is 9.47 Å². The molecule has 17 heavy (non-hydrogen) atoms. The van der Waals surface area contributed by atoms with Crippen molar-refractivity contribution in [3.8, 4) is 0 Å². The van der Waals surface area contributed by atoms with Crippen LogP contribution in [0.25, 0.3) is 0 Å². The molecular weight excluding hydrogens is 212 g/mol. The number of hydrogen-bond acceptors (Lipinski definition) is 2. The number of unbranched alkanes of at least 4 members (excludes halogenated alkanes) is 6. The van der Waals surface area contributed by atoms with Gasteiger partial charge in [-0.15, -0.1) is 0 Å². The molecule has 0 spiro atoms. The fourth-order valence-corrected chi connectivity index (χ4v) is 1.69. The van der Waals surface area contributed by atoms with Crippen LogP contribution in [0.1, 0.15) is 71.6 Å². The third-order valence-electron chi connectivity index (χ3n) is 2.94. The molecule has 0 saturated carbocycles. The van der Waals surface area contributed by atoms with Crippen LogP contribution < -0.4 is 0 Å². The molecule has 0 fully saturated rings. The van der Waals surface area contributed by atoms with Crippen molar-refractivity contribution in [3.05, 3.63) is 6.92 Å². The van der Waals surface area contributed by atoms with Crippen LogP contribution in [0.15, 0.2) is 0 Å². The van der Waals surface area contributed by atoms with Crippen LogP contribution in [0.4, 0.5) is 0 Å². The van der Waals surface area contributed by atoms with Crippen LogP contribution in [0.5, 0.6) is 0 Å². The van der Waals surface area contributed by atoms with Gasteiger partial charge in [-0.25, -0.2) is 0 Å². The quantitative estimate of drug-likeness (QED) is 0.344. The number of ether oxygens (including phenoxy) is 2. The lowest BCUT2D eigenvalue weighted by molar-refractivity contribution is -0.0866. The first-order valence-electron chi connectivity index (χ1n) is 7.29. The summed E-state index contributed by atoms with van der Waals surface area (Å²) in [6.07, 6.45) is 11.4. The zero-order valence-corrected chi connectivity index (χ0v) is 11.9. The summed E-state index contributed by atoms with van der Waals surface area (Å²) < 4.78 is 11.0. The maximum absolute atomic E-state index is 5.58. The highest BCUT2D eigenvalue weighted by Gasteiger charge is 2.01. The molecule has 0 heterocycles. The Morgan fingerprint density at radius 1 is 1.00 bits per heavy atom. The molecule has 2 nitrogen and oxygen atoms in total. The topological polar surface area (TPSA) is 18.5 Å². The van der Waals surface area contributed by atoms with Crippen molar-refractivity contribution in [2.75, 3.05) is 13.4 Å². The van der Waals surface area contributed by atoms with E-state index in [1.165, 1.54) is 38.5 Å². The summed E-state index contributed by atoms with van der Waals surface area (Å²) >= 11 is 0. The van der Waals surface area contributed by atoms with E-state index in [1.807, 2.05) is 0 Å². The molecular formula is C15H31O2. The van der Waals surface area contributed by atoms with E-state index in [2.05, 4.69) is 20.8 Å². The molecule has 0 bridgehead atoms. The van der Waals surface area contributed by atoms with Gasteiger partial charge < -0.3 is 9.47 Å². The summed E-state index contributed by atoms with van der Waals surface area (Å²) in [6, 6.07) is 0. The minimum Gasteiger partial charge on any atom is -0.355 e. The van der Waals surface area contributed by atoms with Crippen LogP contribution in [-0.4, -0.2) is 19.5 Å². The highest BCUT2D eigenvalue weighted by atomic mass is 16.7. The molecule has 1 atom stereocenters. The average Bonchev–Trinajstić information content (AvgIpc) is 2.33. The molecule has 0 aromatic heterocycles. The predicted molar refractivity (Wildman–Crippen MR) is 74.0 cm³/mol. The summed E-state index contributed by atoms with van der Waals surface area (Å²) in [5, 5.41) is 0. The maximum Gasteiger partial charge on any atom is 0.147 e. The molecule has 1 unspecified atom stereocenters. The summed E-state index contributed by atoms with van der Waals surface area (Å²) in [7, 11) is 0. The van der Waals surface area contributed by atoms with Crippen LogP contribution >= 0.6 is 0 Å². The predicted octanol–water partition coefficient (Wildman–Crippen LogP) is 4.73. The van der Waals surface area contributed by atoms with Gasteiger partial charge in [-0.3, -0.25) is 0 Å². The molecule has 0 aliphatic rings. The van der Waals surface area contributed by atoms with Gasteiger partial charge in [0.2, 0.25) is 0 Å². The molecule has 0 amide bonds. The molecule has 0 N–H and O–H groups in total. The van der Waals surface area contributed by atoms with Crippen molar-refractivity contribution in [2.24, 2.45) is 0 Å². The molecule has 0 aliphatic carbocycles. The zero-order chi connectivity index (χ0) is 12.8. The van der Waals surface area contributed by atoms with Gasteiger partial charge in [0.25, 0.3) is 0 Å². The van der Waals surface area contributed by atoms with E-state index in [9.17, 15) is 0 Å². The summed E-state index contributed by atoms with van der Waals surface area (Å²) in [5.41, 5.74) is 0. The van der Waals surface area contributed by atoms with Gasteiger partial charge in [0, 0.05) is 6.61 Å². The first kappa shape index (κ1) is 16.9. The molecule has 0 aromatic carbocycles. The third-order valence-corrected chi connectivity index (χ3v) is 2.94. The van der Waals surface area contributed by atoms with Crippen molar-refractivity contribution >= 4 is 0 Å². The Morgan fingerprint density at radius 2 is 1.71 bits per heavy atom. The van der Waals surface area contributed by atoms with Crippen molar-refractivity contribution in [1.29, 1.82) is 0 Å². The van der Waals surface area contributed by atoms with Crippen LogP contribution in [0, 0.1) is 6.92 Å². The Morgan fingerprint density at radius 3 is 2.41 bits per heavy atom. The largest absolute Gasteiger partial charge is 0.355 e. The van der Waals surface area contributed by atoms with Gasteiger partial charge in [-0.1, -0.05) is 58.8 Å². The van der Waals surface area contributed by atoms with E-state index in [4.69, 9.17) is 9.47 Å². The molecule has 2 heteroatoms. The highest BCUT2D eigenvalue weighted by molar-refractivity contribution is 4.52. The monoisotopic (exact) mass is 243 g/mol. The number of rotatable bonds is 13. The Kier molecular flexibility index (Phi) is 13.9. The molecule has 1 radical (unpaired) electrons. The van der Waals surface area contributed by atoms with E-state index >= 15 is 0 Å². The van der Waals surface area contributed by atoms with Crippen molar-refractivity contribution < 1.29 is 9.47 Å². The summed E-state index contributed by atoms with van der Waals surface area (Å²) in [4.78, 5) is 0. The van der Waals surface area contributed by atoms with Crippen molar-refractivity contribution in [1.82, 2.24) is 0 Å². The molecule has 0 saturated heterocycles. The van der Waals surface area contributed by atoms with E-state index in [1.54, 1.807) is 0 Å². The van der Waals surface area contributed by atoms with Crippen molar-refractivity contribution in [3.63, 3.8) is 0 Å². The maximum atomic E-state index is 5.58. The fraction of sp³-hybridized carbons (Fsp3) is 0.933. The summed E-state index contributed by atoms with van der Waals surface area (Å²) in [6.45, 7) is 9.45. The summed E-state index contributed by atoms with van der Waals surface area (Å²) in [5.74, 6) is 0. The second-order valence-electron chi connectivity index (χ2n) is 4.77. The van der Waals surface area contributed by atoms with E-state index in [-0.39, 0.29) is 0 Å². The fourth-order valence-electron chi connectivity index (χ4n) is 1.69. The average molecular weight is 243 g/mol.